The lowest BCUT2D eigenvalue weighted by atomic mass is 10.1. The van der Waals surface area contributed by atoms with E-state index in [1.807, 2.05) is 35.9 Å². The minimum atomic E-state index is -0.0394. The van der Waals surface area contributed by atoms with Crippen LogP contribution in [0.5, 0.6) is 0 Å². The van der Waals surface area contributed by atoms with E-state index in [2.05, 4.69) is 0 Å². The summed E-state index contributed by atoms with van der Waals surface area (Å²) in [5.74, 6) is -0.0394. The first kappa shape index (κ1) is 12.6. The van der Waals surface area contributed by atoms with Gasteiger partial charge < -0.3 is 10.6 Å². The van der Waals surface area contributed by atoms with Crippen LogP contribution >= 0.6 is 11.3 Å². The van der Waals surface area contributed by atoms with Crippen molar-refractivity contribution in [1.82, 2.24) is 4.90 Å². The molecule has 0 saturated carbocycles. The lowest BCUT2D eigenvalue weighted by molar-refractivity contribution is 0.0786. The standard InChI is InChI=1S/C14H16N2OS/c1-10-4-3-5-12(13(10)15)14(17)16(2)8-11-6-7-18-9-11/h3-7,9H,8,15H2,1-2H3. The molecule has 1 heterocycles. The van der Waals surface area contributed by atoms with Crippen molar-refractivity contribution in [2.24, 2.45) is 0 Å². The van der Waals surface area contributed by atoms with Crippen LogP contribution in [-0.4, -0.2) is 17.9 Å². The number of nitrogens with zero attached hydrogens (tertiary/aromatic N) is 1. The highest BCUT2D eigenvalue weighted by Gasteiger charge is 2.15. The minimum absolute atomic E-state index is 0.0394. The largest absolute Gasteiger partial charge is 0.398 e. The zero-order chi connectivity index (χ0) is 13.1. The summed E-state index contributed by atoms with van der Waals surface area (Å²) in [6.45, 7) is 2.51. The van der Waals surface area contributed by atoms with Crippen LogP contribution in [0, 0.1) is 6.92 Å². The van der Waals surface area contributed by atoms with Crippen molar-refractivity contribution in [3.63, 3.8) is 0 Å². The van der Waals surface area contributed by atoms with Crippen molar-refractivity contribution >= 4 is 22.9 Å². The molecule has 0 aliphatic rings. The number of thiophene rings is 1. The molecule has 18 heavy (non-hydrogen) atoms. The van der Waals surface area contributed by atoms with Gasteiger partial charge in [0, 0.05) is 19.3 Å². The number of hydrogen-bond acceptors (Lipinski definition) is 3. The number of hydrogen-bond donors (Lipinski definition) is 1. The van der Waals surface area contributed by atoms with Gasteiger partial charge in [-0.2, -0.15) is 11.3 Å². The van der Waals surface area contributed by atoms with Crippen LogP contribution in [0.3, 0.4) is 0 Å². The lowest BCUT2D eigenvalue weighted by Gasteiger charge is -2.18. The van der Waals surface area contributed by atoms with Gasteiger partial charge >= 0.3 is 0 Å². The average Bonchev–Trinajstić information content (AvgIpc) is 2.84. The predicted molar refractivity (Wildman–Crippen MR) is 75.7 cm³/mol. The molecule has 0 saturated heterocycles. The number of aryl methyl sites for hydroxylation is 1. The van der Waals surface area contributed by atoms with E-state index < -0.39 is 0 Å². The maximum absolute atomic E-state index is 12.3. The molecule has 3 nitrogen and oxygen atoms in total. The molecule has 2 aromatic rings. The summed E-state index contributed by atoms with van der Waals surface area (Å²) in [6, 6.07) is 7.56. The number of carbonyl (C=O) groups excluding carboxylic acids is 1. The van der Waals surface area contributed by atoms with Crippen LogP contribution < -0.4 is 5.73 Å². The summed E-state index contributed by atoms with van der Waals surface area (Å²) in [5.41, 5.74) is 9.17. The normalized spacial score (nSPS) is 10.3. The van der Waals surface area contributed by atoms with Crippen molar-refractivity contribution in [3.8, 4) is 0 Å². The van der Waals surface area contributed by atoms with Gasteiger partial charge in [0.15, 0.2) is 0 Å². The number of rotatable bonds is 3. The molecule has 0 unspecified atom stereocenters. The van der Waals surface area contributed by atoms with Crippen LogP contribution in [0.15, 0.2) is 35.0 Å². The smallest absolute Gasteiger partial charge is 0.255 e. The van der Waals surface area contributed by atoms with Crippen molar-refractivity contribution in [1.29, 1.82) is 0 Å². The third-order valence-electron chi connectivity index (χ3n) is 2.90. The summed E-state index contributed by atoms with van der Waals surface area (Å²) in [5, 5.41) is 4.05. The quantitative estimate of drug-likeness (QED) is 0.862. The Labute approximate surface area is 111 Å². The Hall–Kier alpha value is -1.81. The molecular weight excluding hydrogens is 244 g/mol. The summed E-state index contributed by atoms with van der Waals surface area (Å²) in [4.78, 5) is 14.0. The first-order valence-electron chi connectivity index (χ1n) is 5.71. The molecule has 0 bridgehead atoms. The van der Waals surface area contributed by atoms with Gasteiger partial charge in [-0.25, -0.2) is 0 Å². The van der Waals surface area contributed by atoms with Crippen molar-refractivity contribution in [2.75, 3.05) is 12.8 Å². The maximum atomic E-state index is 12.3. The van der Waals surface area contributed by atoms with Crippen LogP contribution in [0.4, 0.5) is 5.69 Å². The van der Waals surface area contributed by atoms with Gasteiger partial charge in [-0.1, -0.05) is 12.1 Å². The Morgan fingerprint density at radius 1 is 1.39 bits per heavy atom. The fourth-order valence-electron chi connectivity index (χ4n) is 1.80. The van der Waals surface area contributed by atoms with Gasteiger partial charge in [0.25, 0.3) is 5.91 Å². The fourth-order valence-corrected chi connectivity index (χ4v) is 2.46. The molecular formula is C14H16N2OS. The monoisotopic (exact) mass is 260 g/mol. The first-order chi connectivity index (χ1) is 8.59. The average molecular weight is 260 g/mol. The number of anilines is 1. The minimum Gasteiger partial charge on any atom is -0.398 e. The molecule has 2 rings (SSSR count). The Bertz CT molecular complexity index is 549. The molecule has 2 N–H and O–H groups in total. The number of benzene rings is 1. The second kappa shape index (κ2) is 5.23. The van der Waals surface area contributed by atoms with Gasteiger partial charge in [0.1, 0.15) is 0 Å². The van der Waals surface area contributed by atoms with Gasteiger partial charge in [-0.05, 0) is 40.9 Å². The zero-order valence-corrected chi connectivity index (χ0v) is 11.3. The van der Waals surface area contributed by atoms with Gasteiger partial charge in [-0.3, -0.25) is 4.79 Å². The molecule has 1 aromatic carbocycles. The highest BCUT2D eigenvalue weighted by molar-refractivity contribution is 7.07. The second-order valence-electron chi connectivity index (χ2n) is 4.33. The number of carbonyl (C=O) groups is 1. The molecule has 0 atom stereocenters. The molecule has 0 fully saturated rings. The lowest BCUT2D eigenvalue weighted by Crippen LogP contribution is -2.26. The molecule has 4 heteroatoms. The third kappa shape index (κ3) is 2.54. The maximum Gasteiger partial charge on any atom is 0.255 e. The predicted octanol–water partition coefficient (Wildman–Crippen LogP) is 2.91. The Morgan fingerprint density at radius 3 is 2.83 bits per heavy atom. The second-order valence-corrected chi connectivity index (χ2v) is 5.11. The number of nitrogens with two attached hydrogens (primary N) is 1. The Kier molecular flexibility index (Phi) is 3.67. The fraction of sp³-hybridized carbons (Fsp3) is 0.214. The van der Waals surface area contributed by atoms with E-state index in [1.54, 1.807) is 29.4 Å². The summed E-state index contributed by atoms with van der Waals surface area (Å²) < 4.78 is 0. The zero-order valence-electron chi connectivity index (χ0n) is 10.5. The highest BCUT2D eigenvalue weighted by Crippen LogP contribution is 2.19. The van der Waals surface area contributed by atoms with Crippen LogP contribution in [0.2, 0.25) is 0 Å². The van der Waals surface area contributed by atoms with Gasteiger partial charge in [0.05, 0.1) is 5.56 Å². The first-order valence-corrected chi connectivity index (χ1v) is 6.65. The van der Waals surface area contributed by atoms with Crippen molar-refractivity contribution in [3.05, 3.63) is 51.7 Å². The molecule has 1 amide bonds. The molecule has 0 spiro atoms. The van der Waals surface area contributed by atoms with E-state index in [4.69, 9.17) is 5.73 Å². The molecule has 0 aliphatic heterocycles. The molecule has 94 valence electrons. The van der Waals surface area contributed by atoms with Crippen molar-refractivity contribution in [2.45, 2.75) is 13.5 Å². The van der Waals surface area contributed by atoms with Crippen LogP contribution in [0.25, 0.3) is 0 Å². The van der Waals surface area contributed by atoms with Crippen LogP contribution in [-0.2, 0) is 6.54 Å². The van der Waals surface area contributed by atoms with Crippen molar-refractivity contribution < 1.29 is 4.79 Å². The Morgan fingerprint density at radius 2 is 2.17 bits per heavy atom. The number of para-hydroxylation sites is 1. The SMILES string of the molecule is Cc1cccc(C(=O)N(C)Cc2ccsc2)c1N. The number of amides is 1. The van der Waals surface area contributed by atoms with E-state index in [-0.39, 0.29) is 5.91 Å². The molecule has 0 radical (unpaired) electrons. The van der Waals surface area contributed by atoms with E-state index in [9.17, 15) is 4.79 Å². The van der Waals surface area contributed by atoms with E-state index in [1.165, 1.54) is 0 Å². The Balaban J connectivity index is 2.18. The summed E-state index contributed by atoms with van der Waals surface area (Å²) in [6.07, 6.45) is 0. The molecule has 1 aromatic heterocycles. The van der Waals surface area contributed by atoms with E-state index in [0.29, 0.717) is 17.8 Å². The van der Waals surface area contributed by atoms with Crippen LogP contribution in [0.1, 0.15) is 21.5 Å². The van der Waals surface area contributed by atoms with Gasteiger partial charge in [-0.15, -0.1) is 0 Å². The third-order valence-corrected chi connectivity index (χ3v) is 3.63. The number of nitrogen functional groups attached to an aromatic ring is 1. The van der Waals surface area contributed by atoms with E-state index in [0.717, 1.165) is 11.1 Å². The highest BCUT2D eigenvalue weighted by atomic mass is 32.1. The topological polar surface area (TPSA) is 46.3 Å². The molecule has 0 aliphatic carbocycles. The van der Waals surface area contributed by atoms with Gasteiger partial charge in [0.2, 0.25) is 0 Å². The van der Waals surface area contributed by atoms with E-state index >= 15 is 0 Å². The summed E-state index contributed by atoms with van der Waals surface area (Å²) >= 11 is 1.63. The summed E-state index contributed by atoms with van der Waals surface area (Å²) in [7, 11) is 1.79.